The van der Waals surface area contributed by atoms with Crippen LogP contribution >= 0.6 is 11.6 Å². The molecule has 2 rings (SSSR count). The molecule has 2 aromatic rings. The Bertz CT molecular complexity index is 534. The van der Waals surface area contributed by atoms with Gasteiger partial charge in [0.05, 0.1) is 0 Å². The minimum atomic E-state index is -0.126. The van der Waals surface area contributed by atoms with Crippen molar-refractivity contribution in [1.82, 2.24) is 0 Å². The van der Waals surface area contributed by atoms with Crippen LogP contribution in [0.15, 0.2) is 48.5 Å². The van der Waals surface area contributed by atoms with Crippen LogP contribution in [0.25, 0.3) is 0 Å². The van der Waals surface area contributed by atoms with Crippen molar-refractivity contribution in [3.8, 4) is 11.5 Å². The lowest BCUT2D eigenvalue weighted by Gasteiger charge is -2.09. The Morgan fingerprint density at radius 3 is 2.50 bits per heavy atom. The van der Waals surface area contributed by atoms with Gasteiger partial charge in [0.15, 0.2) is 0 Å². The number of hydrogen-bond acceptors (Lipinski definition) is 2. The third kappa shape index (κ3) is 3.11. The monoisotopic (exact) mass is 260 g/mol. The van der Waals surface area contributed by atoms with E-state index in [1.54, 1.807) is 24.3 Å². The van der Waals surface area contributed by atoms with Gasteiger partial charge in [-0.25, -0.2) is 0 Å². The van der Waals surface area contributed by atoms with E-state index in [4.69, 9.17) is 16.3 Å². The van der Waals surface area contributed by atoms with E-state index >= 15 is 0 Å². The maximum Gasteiger partial charge on any atom is 0.127 e. The highest BCUT2D eigenvalue weighted by Crippen LogP contribution is 2.25. The van der Waals surface area contributed by atoms with Gasteiger partial charge in [-0.2, -0.15) is 0 Å². The van der Waals surface area contributed by atoms with Gasteiger partial charge in [0.2, 0.25) is 0 Å². The first-order chi connectivity index (χ1) is 8.69. The van der Waals surface area contributed by atoms with Crippen molar-refractivity contribution in [2.45, 2.75) is 12.8 Å². The van der Waals surface area contributed by atoms with Gasteiger partial charge in [-0.1, -0.05) is 30.7 Å². The van der Waals surface area contributed by atoms with Gasteiger partial charge in [-0.15, -0.1) is 0 Å². The number of rotatable bonds is 4. The first-order valence-electron chi connectivity index (χ1n) is 5.68. The first kappa shape index (κ1) is 12.7. The number of halogens is 1. The summed E-state index contributed by atoms with van der Waals surface area (Å²) in [4.78, 5) is 10.8. The summed E-state index contributed by atoms with van der Waals surface area (Å²) in [6, 6.07) is 14.7. The van der Waals surface area contributed by atoms with Crippen molar-refractivity contribution < 1.29 is 9.53 Å². The number of ether oxygens (including phenoxy) is 1. The molecule has 2 nitrogen and oxygen atoms in total. The van der Waals surface area contributed by atoms with Crippen LogP contribution in [0.1, 0.15) is 18.4 Å². The van der Waals surface area contributed by atoms with Crippen LogP contribution in [0.2, 0.25) is 5.02 Å². The van der Waals surface area contributed by atoms with E-state index in [-0.39, 0.29) is 5.92 Å². The lowest BCUT2D eigenvalue weighted by molar-refractivity contribution is -0.108. The average molecular weight is 261 g/mol. The Morgan fingerprint density at radius 1 is 1.11 bits per heavy atom. The zero-order chi connectivity index (χ0) is 13.0. The van der Waals surface area contributed by atoms with Crippen molar-refractivity contribution in [1.29, 1.82) is 0 Å². The van der Waals surface area contributed by atoms with E-state index in [1.165, 1.54) is 0 Å². The fraction of sp³-hybridized carbons (Fsp3) is 0.133. The molecule has 0 spiro atoms. The predicted octanol–water partition coefficient (Wildman–Crippen LogP) is 4.43. The molecule has 0 heterocycles. The number of hydrogen-bond donors (Lipinski definition) is 0. The SMILES string of the molecule is CC(C=O)c1cccc(Oc2ccc(Cl)cc2)c1. The summed E-state index contributed by atoms with van der Waals surface area (Å²) in [5.41, 5.74) is 0.941. The molecule has 0 aliphatic heterocycles. The smallest absolute Gasteiger partial charge is 0.127 e. The lowest BCUT2D eigenvalue weighted by atomic mass is 10.0. The lowest BCUT2D eigenvalue weighted by Crippen LogP contribution is -1.94. The zero-order valence-electron chi connectivity index (χ0n) is 9.97. The molecule has 0 amide bonds. The highest BCUT2D eigenvalue weighted by Gasteiger charge is 2.05. The first-order valence-corrected chi connectivity index (χ1v) is 6.05. The van der Waals surface area contributed by atoms with Gasteiger partial charge < -0.3 is 9.53 Å². The van der Waals surface area contributed by atoms with Crippen LogP contribution in [0.3, 0.4) is 0 Å². The summed E-state index contributed by atoms with van der Waals surface area (Å²) < 4.78 is 5.69. The van der Waals surface area contributed by atoms with Crippen LogP contribution in [-0.2, 0) is 4.79 Å². The molecule has 18 heavy (non-hydrogen) atoms. The minimum absolute atomic E-state index is 0.126. The number of aldehydes is 1. The van der Waals surface area contributed by atoms with E-state index in [2.05, 4.69) is 0 Å². The highest BCUT2D eigenvalue weighted by molar-refractivity contribution is 6.30. The van der Waals surface area contributed by atoms with Gasteiger partial charge in [-0.05, 0) is 42.0 Å². The summed E-state index contributed by atoms with van der Waals surface area (Å²) in [6.07, 6.45) is 0.918. The molecule has 0 saturated carbocycles. The molecule has 1 unspecified atom stereocenters. The van der Waals surface area contributed by atoms with Crippen LogP contribution in [-0.4, -0.2) is 6.29 Å². The van der Waals surface area contributed by atoms with Gasteiger partial charge >= 0.3 is 0 Å². The molecule has 3 heteroatoms. The van der Waals surface area contributed by atoms with Gasteiger partial charge in [0.1, 0.15) is 17.8 Å². The predicted molar refractivity (Wildman–Crippen MR) is 72.4 cm³/mol. The zero-order valence-corrected chi connectivity index (χ0v) is 10.7. The van der Waals surface area contributed by atoms with E-state index < -0.39 is 0 Å². The Labute approximate surface area is 111 Å². The molecular formula is C15H13ClO2. The Kier molecular flexibility index (Phi) is 4.00. The fourth-order valence-electron chi connectivity index (χ4n) is 1.58. The second kappa shape index (κ2) is 5.69. The van der Waals surface area contributed by atoms with Crippen molar-refractivity contribution in [3.05, 3.63) is 59.1 Å². The van der Waals surface area contributed by atoms with Crippen molar-refractivity contribution in [3.63, 3.8) is 0 Å². The van der Waals surface area contributed by atoms with E-state index in [1.807, 2.05) is 31.2 Å². The molecule has 1 atom stereocenters. The maximum absolute atomic E-state index is 10.8. The number of carbonyl (C=O) groups excluding carboxylic acids is 1. The van der Waals surface area contributed by atoms with Gasteiger partial charge in [0.25, 0.3) is 0 Å². The standard InChI is InChI=1S/C15H13ClO2/c1-11(10-17)12-3-2-4-15(9-12)18-14-7-5-13(16)6-8-14/h2-11H,1H3. The van der Waals surface area contributed by atoms with E-state index in [9.17, 15) is 4.79 Å². The molecule has 0 radical (unpaired) electrons. The second-order valence-corrected chi connectivity index (χ2v) is 4.49. The van der Waals surface area contributed by atoms with E-state index in [0.29, 0.717) is 10.8 Å². The molecule has 0 aliphatic carbocycles. The fourth-order valence-corrected chi connectivity index (χ4v) is 1.70. The Balaban J connectivity index is 2.19. The molecule has 0 fully saturated rings. The molecule has 0 saturated heterocycles. The summed E-state index contributed by atoms with van der Waals surface area (Å²) in [5.74, 6) is 1.30. The van der Waals surface area contributed by atoms with Crippen LogP contribution in [0.4, 0.5) is 0 Å². The molecule has 0 aromatic heterocycles. The van der Waals surface area contributed by atoms with Crippen LogP contribution in [0, 0.1) is 0 Å². The quantitative estimate of drug-likeness (QED) is 0.760. The second-order valence-electron chi connectivity index (χ2n) is 4.05. The third-order valence-corrected chi connectivity index (χ3v) is 2.89. The van der Waals surface area contributed by atoms with E-state index in [0.717, 1.165) is 17.6 Å². The normalized spacial score (nSPS) is 11.9. The van der Waals surface area contributed by atoms with Crippen LogP contribution in [0.5, 0.6) is 11.5 Å². The third-order valence-electron chi connectivity index (χ3n) is 2.64. The molecule has 2 aromatic carbocycles. The molecule has 0 aliphatic rings. The van der Waals surface area contributed by atoms with Crippen molar-refractivity contribution in [2.75, 3.05) is 0 Å². The molecule has 0 bridgehead atoms. The highest BCUT2D eigenvalue weighted by atomic mass is 35.5. The summed E-state index contributed by atoms with van der Waals surface area (Å²) >= 11 is 5.81. The number of benzene rings is 2. The van der Waals surface area contributed by atoms with Gasteiger partial charge in [-0.3, -0.25) is 0 Å². The average Bonchev–Trinajstić information content (AvgIpc) is 2.41. The largest absolute Gasteiger partial charge is 0.457 e. The summed E-state index contributed by atoms with van der Waals surface area (Å²) in [5, 5.41) is 0.672. The molecule has 92 valence electrons. The van der Waals surface area contributed by atoms with Crippen molar-refractivity contribution in [2.24, 2.45) is 0 Å². The molecular weight excluding hydrogens is 248 g/mol. The Morgan fingerprint density at radius 2 is 1.83 bits per heavy atom. The minimum Gasteiger partial charge on any atom is -0.457 e. The topological polar surface area (TPSA) is 26.3 Å². The summed E-state index contributed by atoms with van der Waals surface area (Å²) in [7, 11) is 0. The Hall–Kier alpha value is -1.80. The van der Waals surface area contributed by atoms with Crippen LogP contribution < -0.4 is 4.74 Å². The maximum atomic E-state index is 10.8. The van der Waals surface area contributed by atoms with Crippen molar-refractivity contribution >= 4 is 17.9 Å². The van der Waals surface area contributed by atoms with Gasteiger partial charge in [0, 0.05) is 10.9 Å². The number of carbonyl (C=O) groups is 1. The summed E-state index contributed by atoms with van der Waals surface area (Å²) in [6.45, 7) is 1.86. The molecule has 0 N–H and O–H groups in total.